The van der Waals surface area contributed by atoms with E-state index in [4.69, 9.17) is 4.74 Å². The fourth-order valence-corrected chi connectivity index (χ4v) is 3.89. The van der Waals surface area contributed by atoms with E-state index < -0.39 is 0 Å². The Morgan fingerprint density at radius 3 is 2.80 bits per heavy atom. The summed E-state index contributed by atoms with van der Waals surface area (Å²) in [5.74, 6) is -0.122. The van der Waals surface area contributed by atoms with Gasteiger partial charge in [0.05, 0.1) is 25.2 Å². The van der Waals surface area contributed by atoms with Crippen molar-refractivity contribution in [2.75, 3.05) is 33.4 Å². The molecule has 0 radical (unpaired) electrons. The Hall–Kier alpha value is -1.40. The van der Waals surface area contributed by atoms with Gasteiger partial charge in [-0.15, -0.1) is 11.3 Å². The fourth-order valence-electron chi connectivity index (χ4n) is 2.96. The van der Waals surface area contributed by atoms with Gasteiger partial charge in [0.2, 0.25) is 11.8 Å². The number of morpholine rings is 1. The van der Waals surface area contributed by atoms with Gasteiger partial charge in [0.25, 0.3) is 0 Å². The molecule has 3 rings (SSSR count). The minimum absolute atomic E-state index is 0.0509. The van der Waals surface area contributed by atoms with Crippen molar-refractivity contribution in [1.82, 2.24) is 9.80 Å². The summed E-state index contributed by atoms with van der Waals surface area (Å²) in [4.78, 5) is 29.3. The number of amides is 2. The molecule has 0 aliphatic carbocycles. The minimum atomic E-state index is -0.260. The number of nitrogens with zero attached hydrogens (tertiary/aromatic N) is 2. The molecule has 0 spiro atoms. The van der Waals surface area contributed by atoms with Crippen LogP contribution in [0.4, 0.5) is 0 Å². The van der Waals surface area contributed by atoms with E-state index in [0.717, 1.165) is 4.88 Å². The van der Waals surface area contributed by atoms with Crippen LogP contribution in [-0.4, -0.2) is 55.0 Å². The normalized spacial score (nSPS) is 27.1. The van der Waals surface area contributed by atoms with Crippen molar-refractivity contribution in [2.45, 2.75) is 12.5 Å². The number of carbonyl (C=O) groups is 2. The maximum Gasteiger partial charge on any atom is 0.228 e. The molecular weight excluding hydrogens is 276 g/mol. The van der Waals surface area contributed by atoms with Crippen molar-refractivity contribution in [1.29, 1.82) is 0 Å². The number of hydrogen-bond donors (Lipinski definition) is 0. The number of hydrogen-bond acceptors (Lipinski definition) is 4. The largest absolute Gasteiger partial charge is 0.378 e. The van der Waals surface area contributed by atoms with Gasteiger partial charge in [-0.05, 0) is 11.4 Å². The molecule has 0 unspecified atom stereocenters. The van der Waals surface area contributed by atoms with Gasteiger partial charge in [0.15, 0.2) is 0 Å². The molecule has 2 amide bonds. The predicted molar refractivity (Wildman–Crippen MR) is 75.3 cm³/mol. The van der Waals surface area contributed by atoms with Crippen LogP contribution in [0.1, 0.15) is 17.3 Å². The predicted octanol–water partition coefficient (Wildman–Crippen LogP) is 1.13. The lowest BCUT2D eigenvalue weighted by molar-refractivity contribution is -0.140. The van der Waals surface area contributed by atoms with Crippen LogP contribution in [0.5, 0.6) is 0 Å². The third-order valence-electron chi connectivity index (χ3n) is 4.06. The van der Waals surface area contributed by atoms with E-state index in [0.29, 0.717) is 32.7 Å². The van der Waals surface area contributed by atoms with Crippen molar-refractivity contribution >= 4 is 23.2 Å². The molecule has 3 heterocycles. The first-order valence-electron chi connectivity index (χ1n) is 6.84. The van der Waals surface area contributed by atoms with Crippen molar-refractivity contribution in [2.24, 2.45) is 5.92 Å². The monoisotopic (exact) mass is 294 g/mol. The molecule has 0 aromatic carbocycles. The Bertz CT molecular complexity index is 497. The van der Waals surface area contributed by atoms with Gasteiger partial charge >= 0.3 is 0 Å². The number of likely N-dealkylation sites (tertiary alicyclic amines) is 1. The van der Waals surface area contributed by atoms with Crippen LogP contribution in [0, 0.1) is 5.92 Å². The minimum Gasteiger partial charge on any atom is -0.378 e. The van der Waals surface area contributed by atoms with Gasteiger partial charge in [-0.25, -0.2) is 0 Å². The zero-order chi connectivity index (χ0) is 14.1. The van der Waals surface area contributed by atoms with E-state index in [-0.39, 0.29) is 23.8 Å². The zero-order valence-corrected chi connectivity index (χ0v) is 12.3. The fraction of sp³-hybridized carbons (Fsp3) is 0.571. The van der Waals surface area contributed by atoms with Crippen molar-refractivity contribution < 1.29 is 14.3 Å². The van der Waals surface area contributed by atoms with Crippen LogP contribution in [-0.2, 0) is 14.3 Å². The molecule has 1 aromatic rings. The summed E-state index contributed by atoms with van der Waals surface area (Å²) in [5, 5.41) is 1.99. The smallest absolute Gasteiger partial charge is 0.228 e. The maximum atomic E-state index is 12.7. The Labute approximate surface area is 122 Å². The van der Waals surface area contributed by atoms with E-state index in [1.807, 2.05) is 22.4 Å². The maximum absolute atomic E-state index is 12.7. The van der Waals surface area contributed by atoms with Gasteiger partial charge in [0.1, 0.15) is 0 Å². The molecular formula is C14H18N2O3S. The second-order valence-electron chi connectivity index (χ2n) is 5.21. The molecule has 20 heavy (non-hydrogen) atoms. The second kappa shape index (κ2) is 5.54. The van der Waals surface area contributed by atoms with Crippen LogP contribution >= 0.6 is 11.3 Å². The quantitative estimate of drug-likeness (QED) is 0.821. The Morgan fingerprint density at radius 1 is 1.40 bits per heavy atom. The molecule has 108 valence electrons. The Morgan fingerprint density at radius 2 is 2.15 bits per heavy atom. The van der Waals surface area contributed by atoms with Gasteiger partial charge in [-0.2, -0.15) is 0 Å². The molecule has 6 heteroatoms. The molecule has 5 nitrogen and oxygen atoms in total. The summed E-state index contributed by atoms with van der Waals surface area (Å²) in [7, 11) is 1.79. The van der Waals surface area contributed by atoms with E-state index in [2.05, 4.69) is 0 Å². The van der Waals surface area contributed by atoms with E-state index in [9.17, 15) is 9.59 Å². The van der Waals surface area contributed by atoms with Gasteiger partial charge in [-0.1, -0.05) is 6.07 Å². The first-order chi connectivity index (χ1) is 9.68. The highest BCUT2D eigenvalue weighted by Crippen LogP contribution is 2.39. The highest BCUT2D eigenvalue weighted by atomic mass is 32.1. The number of thiophene rings is 1. The molecule has 0 bridgehead atoms. The summed E-state index contributed by atoms with van der Waals surface area (Å²) in [6, 6.07) is 3.86. The molecule has 2 atom stereocenters. The van der Waals surface area contributed by atoms with E-state index in [1.54, 1.807) is 23.3 Å². The molecule has 0 saturated carbocycles. The lowest BCUT2D eigenvalue weighted by atomic mass is 9.97. The SMILES string of the molecule is CN1C(=O)C[C@H](C(=O)N2CCOCC2)[C@H]1c1cccs1. The first kappa shape index (κ1) is 13.6. The third-order valence-corrected chi connectivity index (χ3v) is 5.00. The summed E-state index contributed by atoms with van der Waals surface area (Å²) in [6.45, 7) is 2.44. The van der Waals surface area contributed by atoms with Crippen LogP contribution in [0.2, 0.25) is 0 Å². The average Bonchev–Trinajstić information content (AvgIpc) is 3.08. The Balaban J connectivity index is 1.83. The van der Waals surface area contributed by atoms with Crippen molar-refractivity contribution in [3.63, 3.8) is 0 Å². The zero-order valence-electron chi connectivity index (χ0n) is 11.4. The average molecular weight is 294 g/mol. The summed E-state index contributed by atoms with van der Waals surface area (Å²) in [6.07, 6.45) is 0.315. The van der Waals surface area contributed by atoms with E-state index in [1.165, 1.54) is 0 Å². The van der Waals surface area contributed by atoms with Gasteiger partial charge in [0, 0.05) is 31.4 Å². The number of ether oxygens (including phenoxy) is 1. The number of carbonyl (C=O) groups excluding carboxylic acids is 2. The lowest BCUT2D eigenvalue weighted by Crippen LogP contribution is -2.44. The molecule has 2 aliphatic rings. The highest BCUT2D eigenvalue weighted by molar-refractivity contribution is 7.10. The van der Waals surface area contributed by atoms with Crippen LogP contribution in [0.15, 0.2) is 17.5 Å². The van der Waals surface area contributed by atoms with Crippen LogP contribution in [0.3, 0.4) is 0 Å². The van der Waals surface area contributed by atoms with Crippen LogP contribution in [0.25, 0.3) is 0 Å². The van der Waals surface area contributed by atoms with Crippen molar-refractivity contribution in [3.8, 4) is 0 Å². The first-order valence-corrected chi connectivity index (χ1v) is 7.72. The van der Waals surface area contributed by atoms with Crippen LogP contribution < -0.4 is 0 Å². The summed E-state index contributed by atoms with van der Waals surface area (Å²) >= 11 is 1.60. The topological polar surface area (TPSA) is 49.9 Å². The van der Waals surface area contributed by atoms with Crippen molar-refractivity contribution in [3.05, 3.63) is 22.4 Å². The van der Waals surface area contributed by atoms with Gasteiger partial charge in [-0.3, -0.25) is 9.59 Å². The molecule has 2 fully saturated rings. The molecule has 0 N–H and O–H groups in total. The summed E-state index contributed by atoms with van der Waals surface area (Å²) in [5.41, 5.74) is 0. The standard InChI is InChI=1S/C14H18N2O3S/c1-15-12(17)9-10(13(15)11-3-2-8-20-11)14(18)16-4-6-19-7-5-16/h2-3,8,10,13H,4-7,9H2,1H3/t10-,13-/m0/s1. The summed E-state index contributed by atoms with van der Waals surface area (Å²) < 4.78 is 5.28. The molecule has 2 saturated heterocycles. The lowest BCUT2D eigenvalue weighted by Gasteiger charge is -2.31. The number of rotatable bonds is 2. The van der Waals surface area contributed by atoms with Gasteiger partial charge < -0.3 is 14.5 Å². The second-order valence-corrected chi connectivity index (χ2v) is 6.19. The highest BCUT2D eigenvalue weighted by Gasteiger charge is 2.44. The molecule has 2 aliphatic heterocycles. The Kier molecular flexibility index (Phi) is 3.76. The molecule has 1 aromatic heterocycles. The van der Waals surface area contributed by atoms with E-state index >= 15 is 0 Å². The third kappa shape index (κ3) is 2.33.